The zero-order valence-electron chi connectivity index (χ0n) is 11.5. The van der Waals surface area contributed by atoms with Crippen LogP contribution in [0.4, 0.5) is 0 Å². The Morgan fingerprint density at radius 2 is 1.95 bits per heavy atom. The monoisotopic (exact) mass is 332 g/mol. The van der Waals surface area contributed by atoms with E-state index in [-0.39, 0.29) is 12.5 Å². The number of hydrogen-bond acceptors (Lipinski definition) is 5. The number of carboxylic acids is 1. The standard InChI is InChI=1S/C13H17ClN2O4S/c14-11-2-1-10(21-11)7-15-3-5-16(6-4-15)12(17)8-20-9-13(18)19/h1-2H,3-9H2,(H,18,19). The van der Waals surface area contributed by atoms with E-state index in [1.54, 1.807) is 16.2 Å². The number of halogens is 1. The molecule has 1 N–H and O–H groups in total. The number of nitrogens with zero attached hydrogens (tertiary/aromatic N) is 2. The molecular weight excluding hydrogens is 316 g/mol. The second-order valence-corrected chi connectivity index (χ2v) is 6.55. The largest absolute Gasteiger partial charge is 0.480 e. The van der Waals surface area contributed by atoms with Gasteiger partial charge in [0.1, 0.15) is 13.2 Å². The SMILES string of the molecule is O=C(O)COCC(=O)N1CCN(Cc2ccc(Cl)s2)CC1. The molecular formula is C13H17ClN2O4S. The predicted molar refractivity (Wildman–Crippen MR) is 79.6 cm³/mol. The third-order valence-corrected chi connectivity index (χ3v) is 4.40. The second-order valence-electron chi connectivity index (χ2n) is 4.75. The molecule has 21 heavy (non-hydrogen) atoms. The molecule has 0 aromatic carbocycles. The number of aliphatic carboxylic acids is 1. The summed E-state index contributed by atoms with van der Waals surface area (Å²) in [6.07, 6.45) is 0. The fraction of sp³-hybridized carbons (Fsp3) is 0.538. The summed E-state index contributed by atoms with van der Waals surface area (Å²) in [7, 11) is 0. The molecule has 1 saturated heterocycles. The Morgan fingerprint density at radius 1 is 1.24 bits per heavy atom. The van der Waals surface area contributed by atoms with Crippen LogP contribution in [0.1, 0.15) is 4.88 Å². The van der Waals surface area contributed by atoms with Crippen LogP contribution < -0.4 is 0 Å². The summed E-state index contributed by atoms with van der Waals surface area (Å²) >= 11 is 7.47. The van der Waals surface area contributed by atoms with E-state index in [1.807, 2.05) is 12.1 Å². The molecule has 2 heterocycles. The number of hydrogen-bond donors (Lipinski definition) is 1. The molecule has 0 spiro atoms. The third-order valence-electron chi connectivity index (χ3n) is 3.18. The highest BCUT2D eigenvalue weighted by atomic mass is 35.5. The zero-order chi connectivity index (χ0) is 15.2. The van der Waals surface area contributed by atoms with Crippen molar-refractivity contribution in [3.05, 3.63) is 21.3 Å². The van der Waals surface area contributed by atoms with Gasteiger partial charge in [-0.15, -0.1) is 11.3 Å². The predicted octanol–water partition coefficient (Wildman–Crippen LogP) is 1.15. The van der Waals surface area contributed by atoms with E-state index >= 15 is 0 Å². The topological polar surface area (TPSA) is 70.1 Å². The molecule has 1 aromatic heterocycles. The number of amides is 1. The highest BCUT2D eigenvalue weighted by molar-refractivity contribution is 7.16. The number of carbonyl (C=O) groups excluding carboxylic acids is 1. The molecule has 1 amide bonds. The van der Waals surface area contributed by atoms with Gasteiger partial charge >= 0.3 is 5.97 Å². The second kappa shape index (κ2) is 7.74. The molecule has 0 aliphatic carbocycles. The summed E-state index contributed by atoms with van der Waals surface area (Å²) in [4.78, 5) is 27.3. The molecule has 6 nitrogen and oxygen atoms in total. The van der Waals surface area contributed by atoms with Crippen molar-refractivity contribution in [2.45, 2.75) is 6.54 Å². The molecule has 0 saturated carbocycles. The van der Waals surface area contributed by atoms with E-state index < -0.39 is 12.6 Å². The lowest BCUT2D eigenvalue weighted by atomic mass is 10.3. The summed E-state index contributed by atoms with van der Waals surface area (Å²) in [5.41, 5.74) is 0. The van der Waals surface area contributed by atoms with Gasteiger partial charge in [-0.2, -0.15) is 0 Å². The quantitative estimate of drug-likeness (QED) is 0.846. The molecule has 2 rings (SSSR count). The minimum absolute atomic E-state index is 0.157. The van der Waals surface area contributed by atoms with Crippen LogP contribution in [-0.2, 0) is 20.9 Å². The summed E-state index contributed by atoms with van der Waals surface area (Å²) in [5, 5.41) is 8.45. The van der Waals surface area contributed by atoms with Gasteiger partial charge in [0, 0.05) is 37.6 Å². The Balaban J connectivity index is 1.70. The maximum Gasteiger partial charge on any atom is 0.329 e. The number of carboxylic acid groups (broad SMARTS) is 1. The van der Waals surface area contributed by atoms with Crippen LogP contribution in [0.3, 0.4) is 0 Å². The average Bonchev–Trinajstić information content (AvgIpc) is 2.84. The first-order valence-electron chi connectivity index (χ1n) is 6.58. The van der Waals surface area contributed by atoms with Crippen molar-refractivity contribution >= 4 is 34.8 Å². The van der Waals surface area contributed by atoms with E-state index in [9.17, 15) is 9.59 Å². The lowest BCUT2D eigenvalue weighted by molar-refractivity contribution is -0.146. The summed E-state index contributed by atoms with van der Waals surface area (Å²) < 4.78 is 5.60. The van der Waals surface area contributed by atoms with E-state index in [0.29, 0.717) is 13.1 Å². The number of thiophene rings is 1. The summed E-state index contributed by atoms with van der Waals surface area (Å²) in [6.45, 7) is 3.08. The maximum atomic E-state index is 11.8. The minimum atomic E-state index is -1.07. The first-order valence-corrected chi connectivity index (χ1v) is 7.78. The number of ether oxygens (including phenoxy) is 1. The number of piperazine rings is 1. The van der Waals surface area contributed by atoms with Gasteiger partial charge in [-0.25, -0.2) is 4.79 Å². The van der Waals surface area contributed by atoms with Crippen molar-refractivity contribution in [1.29, 1.82) is 0 Å². The van der Waals surface area contributed by atoms with Crippen LogP contribution in [-0.4, -0.2) is 66.2 Å². The molecule has 116 valence electrons. The Hall–Kier alpha value is -1.15. The zero-order valence-corrected chi connectivity index (χ0v) is 13.0. The molecule has 1 fully saturated rings. The van der Waals surface area contributed by atoms with Crippen molar-refractivity contribution in [3.63, 3.8) is 0 Å². The van der Waals surface area contributed by atoms with Crippen LogP contribution >= 0.6 is 22.9 Å². The Kier molecular flexibility index (Phi) is 5.98. The van der Waals surface area contributed by atoms with Crippen molar-refractivity contribution in [2.75, 3.05) is 39.4 Å². The normalized spacial score (nSPS) is 16.1. The van der Waals surface area contributed by atoms with E-state index in [2.05, 4.69) is 4.90 Å². The highest BCUT2D eigenvalue weighted by Crippen LogP contribution is 2.23. The maximum absolute atomic E-state index is 11.8. The third kappa shape index (κ3) is 5.28. The molecule has 0 unspecified atom stereocenters. The Bertz CT molecular complexity index is 500. The molecule has 1 aromatic rings. The lowest BCUT2D eigenvalue weighted by Gasteiger charge is -2.34. The van der Waals surface area contributed by atoms with Gasteiger partial charge in [-0.3, -0.25) is 9.69 Å². The van der Waals surface area contributed by atoms with Crippen LogP contribution in [0.25, 0.3) is 0 Å². The molecule has 1 aliphatic rings. The van der Waals surface area contributed by atoms with Crippen molar-refractivity contribution in [3.8, 4) is 0 Å². The van der Waals surface area contributed by atoms with Gasteiger partial charge in [0.2, 0.25) is 5.91 Å². The fourth-order valence-electron chi connectivity index (χ4n) is 2.13. The van der Waals surface area contributed by atoms with Crippen molar-refractivity contribution < 1.29 is 19.4 Å². The Morgan fingerprint density at radius 3 is 2.52 bits per heavy atom. The van der Waals surface area contributed by atoms with Crippen LogP contribution in [0.5, 0.6) is 0 Å². The average molecular weight is 333 g/mol. The molecule has 0 bridgehead atoms. The fourth-order valence-corrected chi connectivity index (χ4v) is 3.26. The smallest absolute Gasteiger partial charge is 0.329 e. The van der Waals surface area contributed by atoms with Crippen LogP contribution in [0.15, 0.2) is 12.1 Å². The van der Waals surface area contributed by atoms with Gasteiger partial charge in [-0.1, -0.05) is 11.6 Å². The van der Waals surface area contributed by atoms with E-state index in [0.717, 1.165) is 24.0 Å². The van der Waals surface area contributed by atoms with E-state index in [4.69, 9.17) is 21.4 Å². The van der Waals surface area contributed by atoms with E-state index in [1.165, 1.54) is 4.88 Å². The molecule has 1 aliphatic heterocycles. The van der Waals surface area contributed by atoms with Gasteiger partial charge < -0.3 is 14.7 Å². The molecule has 0 atom stereocenters. The number of carbonyl (C=O) groups is 2. The number of rotatable bonds is 6. The molecule has 0 radical (unpaired) electrons. The molecule has 8 heteroatoms. The van der Waals surface area contributed by atoms with Gasteiger partial charge in [-0.05, 0) is 12.1 Å². The van der Waals surface area contributed by atoms with Gasteiger partial charge in [0.25, 0.3) is 0 Å². The Labute approximate surface area is 131 Å². The minimum Gasteiger partial charge on any atom is -0.480 e. The van der Waals surface area contributed by atoms with Crippen molar-refractivity contribution in [2.24, 2.45) is 0 Å². The first-order chi connectivity index (χ1) is 10.0. The van der Waals surface area contributed by atoms with Gasteiger partial charge in [0.05, 0.1) is 4.34 Å². The summed E-state index contributed by atoms with van der Waals surface area (Å²) in [5.74, 6) is -1.22. The van der Waals surface area contributed by atoms with Crippen molar-refractivity contribution in [1.82, 2.24) is 9.80 Å². The lowest BCUT2D eigenvalue weighted by Crippen LogP contribution is -2.49. The van der Waals surface area contributed by atoms with Crippen LogP contribution in [0.2, 0.25) is 4.34 Å². The van der Waals surface area contributed by atoms with Crippen LogP contribution in [0, 0.1) is 0 Å². The van der Waals surface area contributed by atoms with Gasteiger partial charge in [0.15, 0.2) is 0 Å². The first kappa shape index (κ1) is 16.2. The highest BCUT2D eigenvalue weighted by Gasteiger charge is 2.21. The summed E-state index contributed by atoms with van der Waals surface area (Å²) in [6, 6.07) is 3.91.